The summed E-state index contributed by atoms with van der Waals surface area (Å²) < 4.78 is 0.988. The minimum Gasteiger partial charge on any atom is -0.342 e. The molecule has 0 radical (unpaired) electrons. The van der Waals surface area contributed by atoms with Gasteiger partial charge in [-0.05, 0) is 12.8 Å². The van der Waals surface area contributed by atoms with Crippen LogP contribution in [0.5, 0.6) is 0 Å². The zero-order valence-electron chi connectivity index (χ0n) is 10.5. The van der Waals surface area contributed by atoms with Crippen molar-refractivity contribution in [2.45, 2.75) is 32.1 Å². The molecule has 1 aliphatic rings. The number of amides is 1. The van der Waals surface area contributed by atoms with E-state index in [2.05, 4.69) is 26.0 Å². The molecule has 0 atom stereocenters. The van der Waals surface area contributed by atoms with E-state index in [1.54, 1.807) is 0 Å². The van der Waals surface area contributed by atoms with E-state index in [0.717, 1.165) is 43.4 Å². The molecule has 0 N–H and O–H groups in total. The molecule has 1 saturated heterocycles. The van der Waals surface area contributed by atoms with Crippen LogP contribution < -0.4 is 0 Å². The number of likely N-dealkylation sites (tertiary alicyclic amines) is 1. The van der Waals surface area contributed by atoms with Gasteiger partial charge in [-0.2, -0.15) is 0 Å². The van der Waals surface area contributed by atoms with Crippen molar-refractivity contribution in [2.75, 3.05) is 40.8 Å². The van der Waals surface area contributed by atoms with Crippen molar-refractivity contribution in [1.82, 2.24) is 4.90 Å². The standard InChI is InChI=1S/C12H25N2O/c1-14(2,3)11-7-10-13-9-6-4-5-8-12(13)15/h4-11H2,1-3H3/q+1. The maximum Gasteiger partial charge on any atom is 0.222 e. The predicted octanol–water partition coefficient (Wildman–Crippen LogP) is 1.49. The number of carbonyl (C=O) groups excluding carboxylic acids is 1. The Morgan fingerprint density at radius 2 is 1.93 bits per heavy atom. The van der Waals surface area contributed by atoms with Gasteiger partial charge in [0.05, 0.1) is 27.7 Å². The SMILES string of the molecule is C[N+](C)(C)CCCN1CCCCCC1=O. The van der Waals surface area contributed by atoms with Gasteiger partial charge in [-0.1, -0.05) is 6.42 Å². The van der Waals surface area contributed by atoms with Crippen LogP contribution in [0.25, 0.3) is 0 Å². The lowest BCUT2D eigenvalue weighted by molar-refractivity contribution is -0.870. The van der Waals surface area contributed by atoms with Crippen molar-refractivity contribution in [3.8, 4) is 0 Å². The molecule has 0 aliphatic carbocycles. The van der Waals surface area contributed by atoms with Crippen molar-refractivity contribution in [1.29, 1.82) is 0 Å². The molecule has 1 aliphatic heterocycles. The summed E-state index contributed by atoms with van der Waals surface area (Å²) in [6.07, 6.45) is 5.39. The number of rotatable bonds is 4. The van der Waals surface area contributed by atoms with Crippen LogP contribution in [-0.4, -0.2) is 56.1 Å². The minimum absolute atomic E-state index is 0.369. The predicted molar refractivity (Wildman–Crippen MR) is 62.6 cm³/mol. The van der Waals surface area contributed by atoms with Gasteiger partial charge in [0.25, 0.3) is 0 Å². The molecule has 3 nitrogen and oxygen atoms in total. The molecule has 88 valence electrons. The van der Waals surface area contributed by atoms with Crippen LogP contribution in [0.2, 0.25) is 0 Å². The monoisotopic (exact) mass is 213 g/mol. The Morgan fingerprint density at radius 1 is 1.20 bits per heavy atom. The van der Waals surface area contributed by atoms with Crippen LogP contribution >= 0.6 is 0 Å². The molecule has 3 heteroatoms. The Hall–Kier alpha value is -0.570. The molecule has 0 aromatic rings. The van der Waals surface area contributed by atoms with Gasteiger partial charge in [0.1, 0.15) is 0 Å². The third-order valence-electron chi connectivity index (χ3n) is 2.93. The maximum absolute atomic E-state index is 11.7. The first-order valence-electron chi connectivity index (χ1n) is 6.07. The first kappa shape index (κ1) is 12.5. The zero-order valence-corrected chi connectivity index (χ0v) is 10.5. The first-order valence-corrected chi connectivity index (χ1v) is 6.07. The van der Waals surface area contributed by atoms with Gasteiger partial charge in [-0.25, -0.2) is 0 Å². The van der Waals surface area contributed by atoms with Crippen LogP contribution in [0.4, 0.5) is 0 Å². The van der Waals surface area contributed by atoms with Crippen LogP contribution in [0.3, 0.4) is 0 Å². The highest BCUT2D eigenvalue weighted by atomic mass is 16.2. The second-order valence-electron chi connectivity index (χ2n) is 5.56. The van der Waals surface area contributed by atoms with Gasteiger partial charge in [0.2, 0.25) is 5.91 Å². The number of quaternary nitrogens is 1. The van der Waals surface area contributed by atoms with Crippen molar-refractivity contribution >= 4 is 5.91 Å². The van der Waals surface area contributed by atoms with E-state index in [0.29, 0.717) is 5.91 Å². The van der Waals surface area contributed by atoms with Gasteiger partial charge in [0, 0.05) is 25.9 Å². The topological polar surface area (TPSA) is 20.3 Å². The molecule has 1 fully saturated rings. The molecule has 0 aromatic heterocycles. The van der Waals surface area contributed by atoms with E-state index < -0.39 is 0 Å². The smallest absolute Gasteiger partial charge is 0.222 e. The minimum atomic E-state index is 0.369. The summed E-state index contributed by atoms with van der Waals surface area (Å²) >= 11 is 0. The van der Waals surface area contributed by atoms with Gasteiger partial charge >= 0.3 is 0 Å². The molecular weight excluding hydrogens is 188 g/mol. The molecule has 15 heavy (non-hydrogen) atoms. The first-order chi connectivity index (χ1) is 6.99. The summed E-state index contributed by atoms with van der Waals surface area (Å²) in [7, 11) is 6.60. The molecule has 1 rings (SSSR count). The average molecular weight is 213 g/mol. The van der Waals surface area contributed by atoms with Gasteiger partial charge in [-0.15, -0.1) is 0 Å². The summed E-state index contributed by atoms with van der Waals surface area (Å²) in [4.78, 5) is 13.7. The summed E-state index contributed by atoms with van der Waals surface area (Å²) in [6, 6.07) is 0. The van der Waals surface area contributed by atoms with Crippen LogP contribution in [0.1, 0.15) is 32.1 Å². The lowest BCUT2D eigenvalue weighted by atomic mass is 10.2. The molecule has 0 unspecified atom stereocenters. The number of nitrogens with zero attached hydrogens (tertiary/aromatic N) is 2. The third-order valence-corrected chi connectivity index (χ3v) is 2.93. The summed E-state index contributed by atoms with van der Waals surface area (Å²) in [5.74, 6) is 0.369. The highest BCUT2D eigenvalue weighted by molar-refractivity contribution is 5.76. The molecule has 0 bridgehead atoms. The molecular formula is C12H25N2O+. The fourth-order valence-electron chi connectivity index (χ4n) is 2.01. The van der Waals surface area contributed by atoms with Crippen molar-refractivity contribution in [3.63, 3.8) is 0 Å². The highest BCUT2D eigenvalue weighted by Gasteiger charge is 2.17. The maximum atomic E-state index is 11.7. The van der Waals surface area contributed by atoms with E-state index in [-0.39, 0.29) is 0 Å². The summed E-state index contributed by atoms with van der Waals surface area (Å²) in [5, 5.41) is 0. The second kappa shape index (κ2) is 5.50. The van der Waals surface area contributed by atoms with Crippen LogP contribution in [0.15, 0.2) is 0 Å². The molecule has 0 aromatic carbocycles. The Balaban J connectivity index is 2.27. The van der Waals surface area contributed by atoms with Crippen LogP contribution in [-0.2, 0) is 4.79 Å². The molecule has 0 spiro atoms. The Morgan fingerprint density at radius 3 is 2.60 bits per heavy atom. The molecule has 1 heterocycles. The number of carbonyl (C=O) groups is 1. The van der Waals surface area contributed by atoms with Crippen molar-refractivity contribution in [2.24, 2.45) is 0 Å². The van der Waals surface area contributed by atoms with Gasteiger partial charge in [0.15, 0.2) is 0 Å². The Bertz CT molecular complexity index is 208. The van der Waals surface area contributed by atoms with Gasteiger partial charge in [-0.3, -0.25) is 4.79 Å². The quantitative estimate of drug-likeness (QED) is 0.648. The van der Waals surface area contributed by atoms with E-state index in [1.165, 1.54) is 12.8 Å². The summed E-state index contributed by atoms with van der Waals surface area (Å²) in [5.41, 5.74) is 0. The average Bonchev–Trinajstić information content (AvgIpc) is 2.30. The Labute approximate surface area is 93.6 Å². The summed E-state index contributed by atoms with van der Waals surface area (Å²) in [6.45, 7) is 3.08. The molecule has 0 saturated carbocycles. The number of hydrogen-bond acceptors (Lipinski definition) is 1. The normalized spacial score (nSPS) is 19.1. The molecule has 1 amide bonds. The van der Waals surface area contributed by atoms with Crippen molar-refractivity contribution in [3.05, 3.63) is 0 Å². The van der Waals surface area contributed by atoms with E-state index in [1.807, 2.05) is 0 Å². The fourth-order valence-corrected chi connectivity index (χ4v) is 2.01. The largest absolute Gasteiger partial charge is 0.342 e. The fraction of sp³-hybridized carbons (Fsp3) is 0.917. The third kappa shape index (κ3) is 5.17. The van der Waals surface area contributed by atoms with Crippen LogP contribution in [0, 0.1) is 0 Å². The lowest BCUT2D eigenvalue weighted by Gasteiger charge is -2.26. The van der Waals surface area contributed by atoms with Gasteiger partial charge < -0.3 is 9.38 Å². The zero-order chi connectivity index (χ0) is 11.3. The van der Waals surface area contributed by atoms with E-state index in [4.69, 9.17) is 0 Å². The number of hydrogen-bond donors (Lipinski definition) is 0. The lowest BCUT2D eigenvalue weighted by Crippen LogP contribution is -2.38. The highest BCUT2D eigenvalue weighted by Crippen LogP contribution is 2.11. The van der Waals surface area contributed by atoms with E-state index in [9.17, 15) is 4.79 Å². The second-order valence-corrected chi connectivity index (χ2v) is 5.56. The van der Waals surface area contributed by atoms with E-state index >= 15 is 0 Å². The van der Waals surface area contributed by atoms with Crippen molar-refractivity contribution < 1.29 is 9.28 Å². The Kier molecular flexibility index (Phi) is 4.58.